The molecule has 0 amide bonds. The lowest BCUT2D eigenvalue weighted by molar-refractivity contribution is 0.0881. The molecule has 0 radical (unpaired) electrons. The van der Waals surface area contributed by atoms with Crippen molar-refractivity contribution in [2.45, 2.75) is 38.1 Å². The van der Waals surface area contributed by atoms with Gasteiger partial charge in [0.25, 0.3) is 0 Å². The van der Waals surface area contributed by atoms with E-state index in [-0.39, 0.29) is 5.54 Å². The Bertz CT molecular complexity index is 572. The number of nitrogens with zero attached hydrogens (tertiary/aromatic N) is 4. The molecule has 3 rings (SSSR count). The number of nitrogens with one attached hydrogen (secondary N) is 1. The van der Waals surface area contributed by atoms with Crippen LogP contribution in [0.1, 0.15) is 32.6 Å². The van der Waals surface area contributed by atoms with Crippen LogP contribution in [0, 0.1) is 5.92 Å². The molecule has 1 aliphatic rings. The maximum absolute atomic E-state index is 4.53. The van der Waals surface area contributed by atoms with Gasteiger partial charge in [0.2, 0.25) is 5.95 Å². The van der Waals surface area contributed by atoms with Crippen molar-refractivity contribution in [3.05, 3.63) is 24.4 Å². The van der Waals surface area contributed by atoms with Gasteiger partial charge in [0, 0.05) is 18.3 Å². The van der Waals surface area contributed by atoms with Crippen molar-refractivity contribution in [1.82, 2.24) is 19.5 Å². The van der Waals surface area contributed by atoms with Gasteiger partial charge in [0.1, 0.15) is 0 Å². The van der Waals surface area contributed by atoms with Gasteiger partial charge in [-0.3, -0.25) is 0 Å². The monoisotopic (exact) mass is 287 g/mol. The summed E-state index contributed by atoms with van der Waals surface area (Å²) >= 11 is 0. The lowest BCUT2D eigenvalue weighted by Crippen LogP contribution is -2.52. The molecule has 2 aromatic rings. The van der Waals surface area contributed by atoms with E-state index in [1.165, 1.54) is 25.7 Å². The molecule has 0 spiro atoms. The number of hydrogen-bond donors (Lipinski definition) is 1. The zero-order valence-electron chi connectivity index (χ0n) is 13.2. The van der Waals surface area contributed by atoms with Crippen molar-refractivity contribution in [1.29, 1.82) is 0 Å². The topological polar surface area (TPSA) is 45.5 Å². The molecular weight excluding hydrogens is 262 g/mol. The van der Waals surface area contributed by atoms with Crippen LogP contribution in [-0.2, 0) is 0 Å². The van der Waals surface area contributed by atoms with Crippen LogP contribution in [0.3, 0.4) is 0 Å². The van der Waals surface area contributed by atoms with Gasteiger partial charge in [-0.05, 0) is 45.0 Å². The largest absolute Gasteiger partial charge is 0.351 e. The van der Waals surface area contributed by atoms with Crippen molar-refractivity contribution in [2.75, 3.05) is 26.0 Å². The highest BCUT2D eigenvalue weighted by Gasteiger charge is 2.36. The molecule has 2 unspecified atom stereocenters. The highest BCUT2D eigenvalue weighted by molar-refractivity contribution is 5.43. The number of rotatable bonds is 4. The third-order valence-corrected chi connectivity index (χ3v) is 4.83. The van der Waals surface area contributed by atoms with Gasteiger partial charge in [-0.25, -0.2) is 4.52 Å². The average Bonchev–Trinajstić information content (AvgIpc) is 2.88. The van der Waals surface area contributed by atoms with Crippen molar-refractivity contribution in [2.24, 2.45) is 5.92 Å². The first-order valence-electron chi connectivity index (χ1n) is 7.82. The first-order chi connectivity index (χ1) is 10.1. The molecule has 1 fully saturated rings. The van der Waals surface area contributed by atoms with E-state index in [1.807, 2.05) is 28.9 Å². The number of aromatic nitrogens is 3. The van der Waals surface area contributed by atoms with Crippen LogP contribution in [-0.4, -0.2) is 45.7 Å². The zero-order chi connectivity index (χ0) is 14.9. The van der Waals surface area contributed by atoms with Crippen molar-refractivity contribution >= 4 is 11.6 Å². The minimum absolute atomic E-state index is 0.217. The minimum atomic E-state index is 0.217. The van der Waals surface area contributed by atoms with Crippen LogP contribution in [0.2, 0.25) is 0 Å². The van der Waals surface area contributed by atoms with Gasteiger partial charge >= 0.3 is 0 Å². The lowest BCUT2D eigenvalue weighted by Gasteiger charge is -2.45. The van der Waals surface area contributed by atoms with Crippen LogP contribution in [0.25, 0.3) is 5.65 Å². The predicted octanol–water partition coefficient (Wildman–Crippen LogP) is 2.65. The number of fused-ring (bicyclic) bond motifs is 1. The van der Waals surface area contributed by atoms with Gasteiger partial charge < -0.3 is 10.2 Å². The Morgan fingerprint density at radius 1 is 1.43 bits per heavy atom. The highest BCUT2D eigenvalue weighted by Crippen LogP contribution is 2.35. The minimum Gasteiger partial charge on any atom is -0.351 e. The Morgan fingerprint density at radius 3 is 3.00 bits per heavy atom. The van der Waals surface area contributed by atoms with Crippen LogP contribution < -0.4 is 5.32 Å². The summed E-state index contributed by atoms with van der Waals surface area (Å²) in [6.45, 7) is 3.27. The number of likely N-dealkylation sites (N-methyl/N-ethyl adjacent to an activating group) is 1. The molecule has 5 nitrogen and oxygen atoms in total. The standard InChI is InChI=1S/C16H25N5/c1-13-7-6-9-16(11-13,20(2)3)12-17-15-18-14-8-4-5-10-21(14)19-15/h4-5,8,10,13H,6-7,9,11-12H2,1-3H3,(H,17,19). The molecule has 2 aromatic heterocycles. The summed E-state index contributed by atoms with van der Waals surface area (Å²) in [6, 6.07) is 5.93. The fourth-order valence-electron chi connectivity index (χ4n) is 3.51. The molecular formula is C16H25N5. The zero-order valence-corrected chi connectivity index (χ0v) is 13.2. The van der Waals surface area contributed by atoms with Crippen molar-refractivity contribution < 1.29 is 0 Å². The third-order valence-electron chi connectivity index (χ3n) is 4.83. The maximum atomic E-state index is 4.53. The second-order valence-corrected chi connectivity index (χ2v) is 6.61. The summed E-state index contributed by atoms with van der Waals surface area (Å²) in [7, 11) is 4.38. The Kier molecular flexibility index (Phi) is 3.85. The second kappa shape index (κ2) is 5.64. The second-order valence-electron chi connectivity index (χ2n) is 6.61. The highest BCUT2D eigenvalue weighted by atomic mass is 15.3. The lowest BCUT2D eigenvalue weighted by atomic mass is 9.75. The normalized spacial score (nSPS) is 26.4. The smallest absolute Gasteiger partial charge is 0.243 e. The van der Waals surface area contributed by atoms with Crippen LogP contribution >= 0.6 is 0 Å². The molecule has 0 bridgehead atoms. The van der Waals surface area contributed by atoms with Gasteiger partial charge in [-0.2, -0.15) is 4.98 Å². The molecule has 2 atom stereocenters. The van der Waals surface area contributed by atoms with Crippen LogP contribution in [0.4, 0.5) is 5.95 Å². The average molecular weight is 287 g/mol. The molecule has 21 heavy (non-hydrogen) atoms. The van der Waals surface area contributed by atoms with Crippen LogP contribution in [0.15, 0.2) is 24.4 Å². The first kappa shape index (κ1) is 14.3. The molecule has 1 saturated carbocycles. The van der Waals surface area contributed by atoms with Gasteiger partial charge in [-0.15, -0.1) is 5.10 Å². The van der Waals surface area contributed by atoms with Gasteiger partial charge in [-0.1, -0.05) is 25.8 Å². The summed E-state index contributed by atoms with van der Waals surface area (Å²) in [4.78, 5) is 6.91. The summed E-state index contributed by atoms with van der Waals surface area (Å²) in [5.41, 5.74) is 1.10. The summed E-state index contributed by atoms with van der Waals surface area (Å²) in [6.07, 6.45) is 7.06. The molecule has 1 aliphatic carbocycles. The molecule has 0 aromatic carbocycles. The number of anilines is 1. The first-order valence-corrected chi connectivity index (χ1v) is 7.82. The van der Waals surface area contributed by atoms with E-state index in [2.05, 4.69) is 41.3 Å². The van der Waals surface area contributed by atoms with Crippen molar-refractivity contribution in [3.63, 3.8) is 0 Å². The predicted molar refractivity (Wildman–Crippen MR) is 85.5 cm³/mol. The molecule has 1 N–H and O–H groups in total. The molecule has 5 heteroatoms. The van der Waals surface area contributed by atoms with E-state index in [1.54, 1.807) is 0 Å². The molecule has 0 aliphatic heterocycles. The van der Waals surface area contributed by atoms with E-state index in [0.717, 1.165) is 24.1 Å². The Hall–Kier alpha value is -1.62. The molecule has 2 heterocycles. The Labute approximate surface area is 126 Å². The molecule has 114 valence electrons. The van der Waals surface area contributed by atoms with E-state index in [4.69, 9.17) is 0 Å². The van der Waals surface area contributed by atoms with Crippen molar-refractivity contribution in [3.8, 4) is 0 Å². The van der Waals surface area contributed by atoms with Gasteiger partial charge in [0.15, 0.2) is 5.65 Å². The number of hydrogen-bond acceptors (Lipinski definition) is 4. The Balaban J connectivity index is 1.74. The summed E-state index contributed by atoms with van der Waals surface area (Å²) < 4.78 is 1.81. The maximum Gasteiger partial charge on any atom is 0.243 e. The summed E-state index contributed by atoms with van der Waals surface area (Å²) in [5.74, 6) is 1.51. The van der Waals surface area contributed by atoms with E-state index < -0.39 is 0 Å². The van der Waals surface area contributed by atoms with Gasteiger partial charge in [0.05, 0.1) is 0 Å². The van der Waals surface area contributed by atoms with E-state index >= 15 is 0 Å². The SMILES string of the molecule is CC1CCCC(CNc2nc3ccccn3n2)(N(C)C)C1. The van der Waals surface area contributed by atoms with Crippen LogP contribution in [0.5, 0.6) is 0 Å². The van der Waals surface area contributed by atoms with E-state index in [9.17, 15) is 0 Å². The molecule has 0 saturated heterocycles. The third kappa shape index (κ3) is 2.88. The summed E-state index contributed by atoms with van der Waals surface area (Å²) in [5, 5.41) is 7.94. The Morgan fingerprint density at radius 2 is 2.29 bits per heavy atom. The quantitative estimate of drug-likeness (QED) is 0.939. The number of pyridine rings is 1. The fourth-order valence-corrected chi connectivity index (χ4v) is 3.51. The fraction of sp³-hybridized carbons (Fsp3) is 0.625. The van der Waals surface area contributed by atoms with E-state index in [0.29, 0.717) is 0 Å².